The van der Waals surface area contributed by atoms with Gasteiger partial charge in [-0.1, -0.05) is 0 Å². The first-order chi connectivity index (χ1) is 12.9. The Bertz CT molecular complexity index is 1020. The molecule has 0 unspecified atom stereocenters. The zero-order valence-corrected chi connectivity index (χ0v) is 15.5. The molecule has 1 heterocycles. The Kier molecular flexibility index (Phi) is 5.03. The maximum Gasteiger partial charge on any atom is 0.259 e. The van der Waals surface area contributed by atoms with E-state index in [2.05, 4.69) is 10.6 Å². The molecule has 3 aromatic rings. The first kappa shape index (κ1) is 18.3. The van der Waals surface area contributed by atoms with Gasteiger partial charge < -0.3 is 24.5 Å². The third kappa shape index (κ3) is 3.72. The van der Waals surface area contributed by atoms with Crippen molar-refractivity contribution in [3.8, 4) is 11.5 Å². The molecule has 0 saturated heterocycles. The summed E-state index contributed by atoms with van der Waals surface area (Å²) in [5.41, 5.74) is 2.10. The largest absolute Gasteiger partial charge is 0.497 e. The van der Waals surface area contributed by atoms with Crippen LogP contribution in [0, 0.1) is 6.92 Å². The molecule has 0 aliphatic heterocycles. The smallest absolute Gasteiger partial charge is 0.259 e. The van der Waals surface area contributed by atoms with Gasteiger partial charge in [0.15, 0.2) is 0 Å². The van der Waals surface area contributed by atoms with E-state index in [0.29, 0.717) is 45.2 Å². The lowest BCUT2D eigenvalue weighted by Gasteiger charge is -2.12. The van der Waals surface area contributed by atoms with Crippen LogP contribution >= 0.6 is 0 Å². The Balaban J connectivity index is 1.92. The number of fused-ring (bicyclic) bond motifs is 1. The molecule has 3 rings (SSSR count). The molecule has 0 radical (unpaired) electrons. The minimum absolute atomic E-state index is 0.209. The van der Waals surface area contributed by atoms with E-state index >= 15 is 0 Å². The number of amides is 2. The van der Waals surface area contributed by atoms with Gasteiger partial charge in [-0.3, -0.25) is 9.59 Å². The van der Waals surface area contributed by atoms with E-state index in [4.69, 9.17) is 13.9 Å². The van der Waals surface area contributed by atoms with Gasteiger partial charge in [-0.15, -0.1) is 0 Å². The number of ether oxygens (including phenoxy) is 2. The number of carbonyl (C=O) groups is 2. The summed E-state index contributed by atoms with van der Waals surface area (Å²) in [6, 6.07) is 10.3. The zero-order chi connectivity index (χ0) is 19.6. The van der Waals surface area contributed by atoms with Gasteiger partial charge in [-0.2, -0.15) is 0 Å². The predicted molar refractivity (Wildman–Crippen MR) is 103 cm³/mol. The average molecular weight is 368 g/mol. The molecule has 1 aromatic heterocycles. The van der Waals surface area contributed by atoms with Gasteiger partial charge in [0.2, 0.25) is 5.91 Å². The number of hydrogen-bond donors (Lipinski definition) is 2. The summed E-state index contributed by atoms with van der Waals surface area (Å²) in [6.07, 6.45) is 0. The molecule has 0 aliphatic rings. The van der Waals surface area contributed by atoms with E-state index in [9.17, 15) is 9.59 Å². The van der Waals surface area contributed by atoms with Crippen molar-refractivity contribution >= 4 is 34.2 Å². The normalized spacial score (nSPS) is 10.5. The van der Waals surface area contributed by atoms with E-state index in [1.54, 1.807) is 50.4 Å². The van der Waals surface area contributed by atoms with Gasteiger partial charge in [0.1, 0.15) is 22.8 Å². The molecule has 27 heavy (non-hydrogen) atoms. The Hall–Kier alpha value is -3.48. The van der Waals surface area contributed by atoms with Crippen LogP contribution in [0.25, 0.3) is 11.0 Å². The molecule has 2 amide bonds. The summed E-state index contributed by atoms with van der Waals surface area (Å²) in [4.78, 5) is 24.1. The Morgan fingerprint density at radius 2 is 1.78 bits per heavy atom. The summed E-state index contributed by atoms with van der Waals surface area (Å²) in [6.45, 7) is 3.15. The molecular formula is C20H20N2O5. The average Bonchev–Trinajstić information content (AvgIpc) is 2.97. The first-order valence-corrected chi connectivity index (χ1v) is 8.27. The number of nitrogens with one attached hydrogen (secondary N) is 2. The van der Waals surface area contributed by atoms with Crippen molar-refractivity contribution < 1.29 is 23.5 Å². The van der Waals surface area contributed by atoms with Crippen LogP contribution in [0.1, 0.15) is 23.0 Å². The van der Waals surface area contributed by atoms with Crippen LogP contribution in [-0.2, 0) is 4.79 Å². The number of aryl methyl sites for hydroxylation is 1. The van der Waals surface area contributed by atoms with Crippen molar-refractivity contribution in [2.75, 3.05) is 24.9 Å². The van der Waals surface area contributed by atoms with Crippen molar-refractivity contribution in [3.63, 3.8) is 0 Å². The number of benzene rings is 2. The van der Waals surface area contributed by atoms with Crippen LogP contribution in [-0.4, -0.2) is 26.0 Å². The van der Waals surface area contributed by atoms with Gasteiger partial charge in [-0.25, -0.2) is 0 Å². The first-order valence-electron chi connectivity index (χ1n) is 8.27. The summed E-state index contributed by atoms with van der Waals surface area (Å²) in [7, 11) is 3.06. The topological polar surface area (TPSA) is 89.8 Å². The summed E-state index contributed by atoms with van der Waals surface area (Å²) in [5.74, 6) is 1.07. The zero-order valence-electron chi connectivity index (χ0n) is 15.5. The van der Waals surface area contributed by atoms with Crippen LogP contribution in [0.5, 0.6) is 11.5 Å². The standard InChI is InChI=1S/C20H20N2O5/c1-11-19(15-10-14(25-3)6-8-17(15)27-11)20(24)22-13-5-7-16(21-12(2)23)18(9-13)26-4/h5-10H,1-4H3,(H,21,23)(H,22,24). The fourth-order valence-electron chi connectivity index (χ4n) is 2.86. The molecule has 7 nitrogen and oxygen atoms in total. The Morgan fingerprint density at radius 1 is 1.00 bits per heavy atom. The highest BCUT2D eigenvalue weighted by atomic mass is 16.5. The van der Waals surface area contributed by atoms with Gasteiger partial charge in [0.05, 0.1) is 25.5 Å². The minimum atomic E-state index is -0.311. The lowest BCUT2D eigenvalue weighted by molar-refractivity contribution is -0.114. The SMILES string of the molecule is COc1ccc2oc(C)c(C(=O)Nc3ccc(NC(C)=O)c(OC)c3)c2c1. The quantitative estimate of drug-likeness (QED) is 0.711. The summed E-state index contributed by atoms with van der Waals surface area (Å²) in [5, 5.41) is 6.18. The van der Waals surface area contributed by atoms with Gasteiger partial charge in [0, 0.05) is 24.1 Å². The van der Waals surface area contributed by atoms with Crippen LogP contribution in [0.4, 0.5) is 11.4 Å². The van der Waals surface area contributed by atoms with Gasteiger partial charge >= 0.3 is 0 Å². The molecule has 0 saturated carbocycles. The van der Waals surface area contributed by atoms with E-state index in [-0.39, 0.29) is 11.8 Å². The van der Waals surface area contributed by atoms with Crippen molar-refractivity contribution in [3.05, 3.63) is 47.7 Å². The number of furan rings is 1. The Morgan fingerprint density at radius 3 is 2.44 bits per heavy atom. The Labute approximate surface area is 156 Å². The molecular weight excluding hydrogens is 348 g/mol. The van der Waals surface area contributed by atoms with E-state index < -0.39 is 0 Å². The highest BCUT2D eigenvalue weighted by Crippen LogP contribution is 2.31. The lowest BCUT2D eigenvalue weighted by atomic mass is 10.1. The van der Waals surface area contributed by atoms with Gasteiger partial charge in [-0.05, 0) is 37.3 Å². The summed E-state index contributed by atoms with van der Waals surface area (Å²) < 4.78 is 16.2. The van der Waals surface area contributed by atoms with E-state index in [0.717, 1.165) is 0 Å². The fraction of sp³-hybridized carbons (Fsp3) is 0.200. The number of methoxy groups -OCH3 is 2. The highest BCUT2D eigenvalue weighted by Gasteiger charge is 2.19. The van der Waals surface area contributed by atoms with Crippen molar-refractivity contribution in [2.24, 2.45) is 0 Å². The molecule has 140 valence electrons. The lowest BCUT2D eigenvalue weighted by Crippen LogP contribution is -2.13. The minimum Gasteiger partial charge on any atom is -0.497 e. The van der Waals surface area contributed by atoms with Crippen molar-refractivity contribution in [2.45, 2.75) is 13.8 Å². The molecule has 0 bridgehead atoms. The molecule has 0 fully saturated rings. The number of rotatable bonds is 5. The molecule has 0 atom stereocenters. The van der Waals surface area contributed by atoms with Crippen LogP contribution in [0.15, 0.2) is 40.8 Å². The second-order valence-electron chi connectivity index (χ2n) is 5.95. The molecule has 0 spiro atoms. The third-order valence-electron chi connectivity index (χ3n) is 4.07. The molecule has 2 aromatic carbocycles. The molecule has 2 N–H and O–H groups in total. The van der Waals surface area contributed by atoms with Crippen LogP contribution in [0.2, 0.25) is 0 Å². The maximum absolute atomic E-state index is 12.8. The fourth-order valence-corrected chi connectivity index (χ4v) is 2.86. The van der Waals surface area contributed by atoms with E-state index in [1.807, 2.05) is 0 Å². The highest BCUT2D eigenvalue weighted by molar-refractivity contribution is 6.13. The van der Waals surface area contributed by atoms with Crippen LogP contribution < -0.4 is 20.1 Å². The van der Waals surface area contributed by atoms with Crippen molar-refractivity contribution in [1.29, 1.82) is 0 Å². The molecule has 7 heteroatoms. The second kappa shape index (κ2) is 7.41. The van der Waals surface area contributed by atoms with Crippen molar-refractivity contribution in [1.82, 2.24) is 0 Å². The third-order valence-corrected chi connectivity index (χ3v) is 4.07. The summed E-state index contributed by atoms with van der Waals surface area (Å²) >= 11 is 0. The number of carbonyl (C=O) groups excluding carboxylic acids is 2. The predicted octanol–water partition coefficient (Wildman–Crippen LogP) is 3.97. The monoisotopic (exact) mass is 368 g/mol. The number of anilines is 2. The van der Waals surface area contributed by atoms with Gasteiger partial charge in [0.25, 0.3) is 5.91 Å². The molecule has 0 aliphatic carbocycles. The maximum atomic E-state index is 12.8. The van der Waals surface area contributed by atoms with Crippen LogP contribution in [0.3, 0.4) is 0 Å². The number of hydrogen-bond acceptors (Lipinski definition) is 5. The van der Waals surface area contributed by atoms with E-state index in [1.165, 1.54) is 14.0 Å². The second-order valence-corrected chi connectivity index (χ2v) is 5.95.